The highest BCUT2D eigenvalue weighted by Gasteiger charge is 2.15. The smallest absolute Gasteiger partial charge is 0.332 e. The predicted octanol–water partition coefficient (Wildman–Crippen LogP) is 1.96. The minimum absolute atomic E-state index is 0.210. The molecule has 1 heterocycles. The first-order chi connectivity index (χ1) is 7.11. The number of aromatic amines is 1. The molecule has 15 heavy (non-hydrogen) atoms. The van der Waals surface area contributed by atoms with E-state index in [0.717, 1.165) is 6.20 Å². The average molecular weight is 206 g/mol. The van der Waals surface area contributed by atoms with Gasteiger partial charge in [-0.25, -0.2) is 0 Å². The van der Waals surface area contributed by atoms with Crippen molar-refractivity contribution >= 4 is 17.8 Å². The first-order valence-electron chi connectivity index (χ1n) is 4.27. The van der Waals surface area contributed by atoms with Gasteiger partial charge in [0.2, 0.25) is 0 Å². The summed E-state index contributed by atoms with van der Waals surface area (Å²) in [4.78, 5) is 24.0. The molecule has 0 amide bonds. The van der Waals surface area contributed by atoms with E-state index in [1.807, 2.05) is 0 Å². The third-order valence-electron chi connectivity index (χ3n) is 1.87. The minimum atomic E-state index is -0.717. The van der Waals surface area contributed by atoms with Crippen LogP contribution in [0.25, 0.3) is 12.2 Å². The van der Waals surface area contributed by atoms with E-state index in [1.165, 1.54) is 6.08 Å². The molecule has 0 bridgehead atoms. The summed E-state index contributed by atoms with van der Waals surface area (Å²) in [6.07, 6.45) is 5.78. The lowest BCUT2D eigenvalue weighted by molar-refractivity contribution is -0.386. The van der Waals surface area contributed by atoms with Crippen molar-refractivity contribution in [3.63, 3.8) is 0 Å². The largest absolute Gasteiger partial charge is 0.355 e. The summed E-state index contributed by atoms with van der Waals surface area (Å²) in [6, 6.07) is 0. The molecule has 1 aromatic rings. The first kappa shape index (κ1) is 10.9. The van der Waals surface area contributed by atoms with Gasteiger partial charge in [-0.2, -0.15) is 0 Å². The molecule has 0 fully saturated rings. The Labute approximate surface area is 85.9 Å². The summed E-state index contributed by atoms with van der Waals surface area (Å²) in [6.45, 7) is 5.24. The number of rotatable bonds is 3. The molecule has 1 N–H and O–H groups in total. The standard InChI is InChI=1S/C10H10N2O3/c1-3-5-8-7(4-2)10(13)9(6-11-8)12(14)15/h3-6H,2H2,1H3,(H,11,13)/b5-3-. The summed E-state index contributed by atoms with van der Waals surface area (Å²) in [5, 5.41) is 10.5. The van der Waals surface area contributed by atoms with Gasteiger partial charge in [-0.3, -0.25) is 14.9 Å². The molecule has 0 atom stereocenters. The molecule has 0 aliphatic carbocycles. The van der Waals surface area contributed by atoms with Gasteiger partial charge in [-0.15, -0.1) is 0 Å². The molecule has 0 saturated carbocycles. The number of pyridine rings is 1. The van der Waals surface area contributed by atoms with Crippen LogP contribution in [0.1, 0.15) is 18.2 Å². The van der Waals surface area contributed by atoms with E-state index in [-0.39, 0.29) is 5.56 Å². The Balaban J connectivity index is 3.53. The van der Waals surface area contributed by atoms with Crippen molar-refractivity contribution in [3.05, 3.63) is 50.4 Å². The Hall–Kier alpha value is -2.17. The van der Waals surface area contributed by atoms with Crippen LogP contribution in [-0.2, 0) is 0 Å². The van der Waals surface area contributed by atoms with Crippen molar-refractivity contribution in [3.8, 4) is 0 Å². The van der Waals surface area contributed by atoms with Crippen LogP contribution in [0.15, 0.2) is 23.6 Å². The maximum atomic E-state index is 11.6. The molecule has 0 unspecified atom stereocenters. The van der Waals surface area contributed by atoms with Crippen molar-refractivity contribution in [2.75, 3.05) is 0 Å². The lowest BCUT2D eigenvalue weighted by Crippen LogP contribution is -2.13. The zero-order valence-corrected chi connectivity index (χ0v) is 8.19. The number of nitro groups is 1. The van der Waals surface area contributed by atoms with Gasteiger partial charge in [-0.05, 0) is 13.0 Å². The lowest BCUT2D eigenvalue weighted by Gasteiger charge is -1.99. The molecule has 0 aromatic carbocycles. The predicted molar refractivity (Wildman–Crippen MR) is 58.5 cm³/mol. The zero-order valence-electron chi connectivity index (χ0n) is 8.19. The Morgan fingerprint density at radius 1 is 1.60 bits per heavy atom. The van der Waals surface area contributed by atoms with E-state index in [2.05, 4.69) is 11.6 Å². The topological polar surface area (TPSA) is 76.0 Å². The monoisotopic (exact) mass is 206 g/mol. The van der Waals surface area contributed by atoms with Crippen molar-refractivity contribution in [1.29, 1.82) is 0 Å². The van der Waals surface area contributed by atoms with Crippen molar-refractivity contribution in [1.82, 2.24) is 4.98 Å². The van der Waals surface area contributed by atoms with Gasteiger partial charge in [0.25, 0.3) is 5.43 Å². The Morgan fingerprint density at radius 3 is 2.73 bits per heavy atom. The van der Waals surface area contributed by atoms with Crippen molar-refractivity contribution in [2.45, 2.75) is 6.92 Å². The molecule has 78 valence electrons. The van der Waals surface area contributed by atoms with Crippen LogP contribution in [0.5, 0.6) is 0 Å². The van der Waals surface area contributed by atoms with Crippen LogP contribution < -0.4 is 5.43 Å². The minimum Gasteiger partial charge on any atom is -0.355 e. The van der Waals surface area contributed by atoms with Crippen LogP contribution in [0.2, 0.25) is 0 Å². The van der Waals surface area contributed by atoms with Gasteiger partial charge in [0.05, 0.1) is 16.7 Å². The number of aromatic nitrogens is 1. The summed E-state index contributed by atoms with van der Waals surface area (Å²) < 4.78 is 0. The fraction of sp³-hybridized carbons (Fsp3) is 0.100. The molecule has 1 rings (SSSR count). The maximum Gasteiger partial charge on any atom is 0.332 e. The molecule has 0 aliphatic heterocycles. The summed E-state index contributed by atoms with van der Waals surface area (Å²) >= 11 is 0. The summed E-state index contributed by atoms with van der Waals surface area (Å²) in [5.41, 5.74) is -0.370. The first-order valence-corrected chi connectivity index (χ1v) is 4.27. The molecule has 0 spiro atoms. The third kappa shape index (κ3) is 2.01. The second-order valence-electron chi connectivity index (χ2n) is 2.79. The fourth-order valence-corrected chi connectivity index (χ4v) is 1.19. The number of hydrogen-bond donors (Lipinski definition) is 1. The Bertz CT molecular complexity index is 486. The van der Waals surface area contributed by atoms with E-state index in [0.29, 0.717) is 5.69 Å². The van der Waals surface area contributed by atoms with Gasteiger partial charge in [-0.1, -0.05) is 18.7 Å². The Morgan fingerprint density at radius 2 is 2.27 bits per heavy atom. The van der Waals surface area contributed by atoms with E-state index in [9.17, 15) is 14.9 Å². The summed E-state index contributed by atoms with van der Waals surface area (Å²) in [7, 11) is 0. The second-order valence-corrected chi connectivity index (χ2v) is 2.79. The van der Waals surface area contributed by atoms with Crippen LogP contribution in [-0.4, -0.2) is 9.91 Å². The van der Waals surface area contributed by atoms with Gasteiger partial charge in [0.15, 0.2) is 0 Å². The maximum absolute atomic E-state index is 11.6. The third-order valence-corrected chi connectivity index (χ3v) is 1.87. The van der Waals surface area contributed by atoms with Crippen LogP contribution in [0.3, 0.4) is 0 Å². The van der Waals surface area contributed by atoms with Crippen LogP contribution in [0, 0.1) is 10.1 Å². The normalized spacial score (nSPS) is 10.5. The van der Waals surface area contributed by atoms with E-state index in [1.54, 1.807) is 19.1 Å². The highest BCUT2D eigenvalue weighted by Crippen LogP contribution is 2.10. The Kier molecular flexibility index (Phi) is 3.17. The lowest BCUT2D eigenvalue weighted by atomic mass is 10.1. The van der Waals surface area contributed by atoms with Crippen molar-refractivity contribution in [2.24, 2.45) is 0 Å². The van der Waals surface area contributed by atoms with E-state index in [4.69, 9.17) is 0 Å². The number of nitrogens with zero attached hydrogens (tertiary/aromatic N) is 1. The number of H-pyrrole nitrogens is 1. The number of allylic oxidation sites excluding steroid dienone is 1. The average Bonchev–Trinajstić information content (AvgIpc) is 2.18. The second kappa shape index (κ2) is 4.36. The molecule has 0 aliphatic rings. The molecule has 1 aromatic heterocycles. The van der Waals surface area contributed by atoms with Gasteiger partial charge >= 0.3 is 5.69 Å². The van der Waals surface area contributed by atoms with E-state index >= 15 is 0 Å². The van der Waals surface area contributed by atoms with Gasteiger partial charge in [0, 0.05) is 5.69 Å². The molecule has 5 heteroatoms. The fourth-order valence-electron chi connectivity index (χ4n) is 1.19. The SMILES string of the molecule is C=Cc1c(/C=C\C)[nH]cc([N+](=O)[O-])c1=O. The van der Waals surface area contributed by atoms with Crippen LogP contribution in [0.4, 0.5) is 5.69 Å². The molecule has 5 nitrogen and oxygen atoms in total. The quantitative estimate of drug-likeness (QED) is 0.606. The number of nitrogens with one attached hydrogen (secondary N) is 1. The van der Waals surface area contributed by atoms with Gasteiger partial charge in [0.1, 0.15) is 0 Å². The van der Waals surface area contributed by atoms with Crippen LogP contribution >= 0.6 is 0 Å². The van der Waals surface area contributed by atoms with Crippen molar-refractivity contribution < 1.29 is 4.92 Å². The molecular weight excluding hydrogens is 196 g/mol. The molecule has 0 radical (unpaired) electrons. The van der Waals surface area contributed by atoms with E-state index < -0.39 is 16.0 Å². The highest BCUT2D eigenvalue weighted by atomic mass is 16.6. The highest BCUT2D eigenvalue weighted by molar-refractivity contribution is 5.63. The summed E-state index contributed by atoms with van der Waals surface area (Å²) in [5.74, 6) is 0. The number of hydrogen-bond acceptors (Lipinski definition) is 3. The molecular formula is C10H10N2O3. The van der Waals surface area contributed by atoms with Gasteiger partial charge < -0.3 is 4.98 Å². The zero-order chi connectivity index (χ0) is 11.4. The molecule has 0 saturated heterocycles.